The molecular weight excluding hydrogens is 242 g/mol. The van der Waals surface area contributed by atoms with Crippen LogP contribution < -0.4 is 5.32 Å². The van der Waals surface area contributed by atoms with E-state index in [1.54, 1.807) is 18.2 Å². The van der Waals surface area contributed by atoms with Crippen LogP contribution in [0.15, 0.2) is 24.3 Å². The van der Waals surface area contributed by atoms with Crippen LogP contribution in [0.4, 0.5) is 0 Å². The van der Waals surface area contributed by atoms with Gasteiger partial charge in [0.15, 0.2) is 0 Å². The Balaban J connectivity index is 1.83. The predicted molar refractivity (Wildman–Crippen MR) is 73.0 cm³/mol. The van der Waals surface area contributed by atoms with Crippen LogP contribution in [0.1, 0.15) is 25.3 Å². The van der Waals surface area contributed by atoms with Crippen LogP contribution >= 0.6 is 0 Å². The summed E-state index contributed by atoms with van der Waals surface area (Å²) in [5.41, 5.74) is 0.830. The highest BCUT2D eigenvalue weighted by atomic mass is 16.5. The molecule has 0 aliphatic carbocycles. The molecular formula is C15H21NO3. The van der Waals surface area contributed by atoms with Gasteiger partial charge in [-0.05, 0) is 43.4 Å². The minimum atomic E-state index is 0.00425. The van der Waals surface area contributed by atoms with Gasteiger partial charge in [-0.2, -0.15) is 0 Å². The summed E-state index contributed by atoms with van der Waals surface area (Å²) in [6.07, 6.45) is 2.32. The van der Waals surface area contributed by atoms with Gasteiger partial charge in [-0.15, -0.1) is 0 Å². The van der Waals surface area contributed by atoms with Gasteiger partial charge in [0.2, 0.25) is 5.91 Å². The summed E-state index contributed by atoms with van der Waals surface area (Å²) in [7, 11) is 0. The normalized spacial score (nSPS) is 17.9. The number of nitrogens with one attached hydrogen (secondary N) is 1. The Morgan fingerprint density at radius 1 is 1.47 bits per heavy atom. The summed E-state index contributed by atoms with van der Waals surface area (Å²) in [6, 6.07) is 7.00. The number of carbonyl (C=O) groups is 1. The van der Waals surface area contributed by atoms with Gasteiger partial charge in [-0.25, -0.2) is 0 Å². The lowest BCUT2D eigenvalue weighted by atomic mass is 9.93. The Morgan fingerprint density at radius 3 is 2.89 bits per heavy atom. The standard InChI is InChI=1S/C15H21NO3/c1-11(13-5-7-19-8-6-13)16-15(18)10-12-3-2-4-14(17)9-12/h2-4,9,11,13,17H,5-8,10H2,1H3,(H,16,18). The van der Waals surface area contributed by atoms with E-state index in [0.717, 1.165) is 31.6 Å². The molecule has 104 valence electrons. The highest BCUT2D eigenvalue weighted by Gasteiger charge is 2.21. The quantitative estimate of drug-likeness (QED) is 0.872. The third kappa shape index (κ3) is 4.24. The Labute approximate surface area is 113 Å². The van der Waals surface area contributed by atoms with Crippen molar-refractivity contribution in [2.45, 2.75) is 32.2 Å². The second kappa shape index (κ2) is 6.57. The number of ether oxygens (including phenoxy) is 1. The van der Waals surface area contributed by atoms with E-state index in [2.05, 4.69) is 12.2 Å². The first kappa shape index (κ1) is 13.9. The van der Waals surface area contributed by atoms with Gasteiger partial charge >= 0.3 is 0 Å². The maximum atomic E-state index is 12.0. The zero-order valence-electron chi connectivity index (χ0n) is 11.3. The van der Waals surface area contributed by atoms with Crippen LogP contribution in [0.2, 0.25) is 0 Å². The molecule has 0 aromatic heterocycles. The maximum absolute atomic E-state index is 12.0. The van der Waals surface area contributed by atoms with Crippen molar-refractivity contribution in [3.05, 3.63) is 29.8 Å². The number of hydrogen-bond donors (Lipinski definition) is 2. The van der Waals surface area contributed by atoms with Gasteiger partial charge < -0.3 is 15.2 Å². The minimum absolute atomic E-state index is 0.00425. The second-order valence-corrected chi connectivity index (χ2v) is 5.15. The lowest BCUT2D eigenvalue weighted by molar-refractivity contribution is -0.121. The zero-order valence-corrected chi connectivity index (χ0v) is 11.3. The molecule has 1 aliphatic rings. The van der Waals surface area contributed by atoms with Crippen molar-refractivity contribution in [2.75, 3.05) is 13.2 Å². The maximum Gasteiger partial charge on any atom is 0.224 e. The van der Waals surface area contributed by atoms with Gasteiger partial charge in [-0.3, -0.25) is 4.79 Å². The molecule has 1 heterocycles. The van der Waals surface area contributed by atoms with E-state index < -0.39 is 0 Å². The van der Waals surface area contributed by atoms with Crippen LogP contribution in [0.25, 0.3) is 0 Å². The number of phenols is 1. The lowest BCUT2D eigenvalue weighted by Crippen LogP contribution is -2.40. The topological polar surface area (TPSA) is 58.6 Å². The van der Waals surface area contributed by atoms with Gasteiger partial charge in [-0.1, -0.05) is 12.1 Å². The van der Waals surface area contributed by atoms with Gasteiger partial charge in [0, 0.05) is 19.3 Å². The molecule has 1 fully saturated rings. The first-order valence-electron chi connectivity index (χ1n) is 6.80. The Hall–Kier alpha value is -1.55. The average Bonchev–Trinajstić information content (AvgIpc) is 2.39. The molecule has 0 radical (unpaired) electrons. The fraction of sp³-hybridized carbons (Fsp3) is 0.533. The first-order chi connectivity index (χ1) is 9.15. The van der Waals surface area contributed by atoms with Crippen LogP contribution in [0.3, 0.4) is 0 Å². The van der Waals surface area contributed by atoms with Gasteiger partial charge in [0.25, 0.3) is 0 Å². The van der Waals surface area contributed by atoms with Crippen molar-refractivity contribution < 1.29 is 14.6 Å². The van der Waals surface area contributed by atoms with Gasteiger partial charge in [0.1, 0.15) is 5.75 Å². The molecule has 1 aromatic rings. The van der Waals surface area contributed by atoms with E-state index in [9.17, 15) is 9.90 Å². The highest BCUT2D eigenvalue weighted by molar-refractivity contribution is 5.78. The molecule has 0 saturated carbocycles. The third-order valence-electron chi connectivity index (χ3n) is 3.64. The monoisotopic (exact) mass is 263 g/mol. The Kier molecular flexibility index (Phi) is 4.80. The number of aromatic hydroxyl groups is 1. The molecule has 1 aromatic carbocycles. The summed E-state index contributed by atoms with van der Waals surface area (Å²) >= 11 is 0. The van der Waals surface area contributed by atoms with Crippen LogP contribution in [0, 0.1) is 5.92 Å². The number of benzene rings is 1. The van der Waals surface area contributed by atoms with Crippen molar-refractivity contribution in [1.82, 2.24) is 5.32 Å². The van der Waals surface area contributed by atoms with Crippen molar-refractivity contribution in [3.8, 4) is 5.75 Å². The number of phenolic OH excluding ortho intramolecular Hbond substituents is 1. The third-order valence-corrected chi connectivity index (χ3v) is 3.64. The number of carbonyl (C=O) groups excluding carboxylic acids is 1. The predicted octanol–water partition coefficient (Wildman–Crippen LogP) is 1.87. The van der Waals surface area contributed by atoms with E-state index in [4.69, 9.17) is 4.74 Å². The molecule has 1 aliphatic heterocycles. The molecule has 4 heteroatoms. The largest absolute Gasteiger partial charge is 0.508 e. The SMILES string of the molecule is CC(NC(=O)Cc1cccc(O)c1)C1CCOCC1. The molecule has 1 saturated heterocycles. The van der Waals surface area contributed by atoms with Crippen LogP contribution in [-0.2, 0) is 16.0 Å². The van der Waals surface area contributed by atoms with E-state index >= 15 is 0 Å². The van der Waals surface area contributed by atoms with Crippen LogP contribution in [-0.4, -0.2) is 30.3 Å². The highest BCUT2D eigenvalue weighted by Crippen LogP contribution is 2.18. The molecule has 19 heavy (non-hydrogen) atoms. The zero-order chi connectivity index (χ0) is 13.7. The summed E-state index contributed by atoms with van der Waals surface area (Å²) in [4.78, 5) is 12.0. The minimum Gasteiger partial charge on any atom is -0.508 e. The summed E-state index contributed by atoms with van der Waals surface area (Å²) in [5.74, 6) is 0.703. The van der Waals surface area contributed by atoms with E-state index in [1.165, 1.54) is 0 Å². The van der Waals surface area contributed by atoms with Gasteiger partial charge in [0.05, 0.1) is 6.42 Å². The molecule has 2 N–H and O–H groups in total. The number of amides is 1. The molecule has 1 amide bonds. The molecule has 1 atom stereocenters. The van der Waals surface area contributed by atoms with E-state index in [1.807, 2.05) is 6.07 Å². The van der Waals surface area contributed by atoms with Crippen molar-refractivity contribution in [3.63, 3.8) is 0 Å². The molecule has 0 bridgehead atoms. The van der Waals surface area contributed by atoms with Crippen molar-refractivity contribution in [2.24, 2.45) is 5.92 Å². The second-order valence-electron chi connectivity index (χ2n) is 5.15. The fourth-order valence-electron chi connectivity index (χ4n) is 2.49. The smallest absolute Gasteiger partial charge is 0.224 e. The van der Waals surface area contributed by atoms with E-state index in [0.29, 0.717) is 12.3 Å². The molecule has 2 rings (SSSR count). The Bertz CT molecular complexity index is 427. The summed E-state index contributed by atoms with van der Waals surface area (Å²) < 4.78 is 5.32. The number of rotatable bonds is 4. The molecule has 0 spiro atoms. The summed E-state index contributed by atoms with van der Waals surface area (Å²) in [6.45, 7) is 3.63. The van der Waals surface area contributed by atoms with Crippen molar-refractivity contribution >= 4 is 5.91 Å². The first-order valence-corrected chi connectivity index (χ1v) is 6.80. The Morgan fingerprint density at radius 2 is 2.21 bits per heavy atom. The fourth-order valence-corrected chi connectivity index (χ4v) is 2.49. The van der Waals surface area contributed by atoms with E-state index in [-0.39, 0.29) is 17.7 Å². The lowest BCUT2D eigenvalue weighted by Gasteiger charge is -2.28. The molecule has 4 nitrogen and oxygen atoms in total. The molecule has 1 unspecified atom stereocenters. The van der Waals surface area contributed by atoms with Crippen molar-refractivity contribution in [1.29, 1.82) is 0 Å². The average molecular weight is 263 g/mol. The van der Waals surface area contributed by atoms with Crippen LogP contribution in [0.5, 0.6) is 5.75 Å². The summed E-state index contributed by atoms with van der Waals surface area (Å²) in [5, 5.41) is 12.4. The number of hydrogen-bond acceptors (Lipinski definition) is 3.